The van der Waals surface area contributed by atoms with E-state index in [-0.39, 0.29) is 11.9 Å². The summed E-state index contributed by atoms with van der Waals surface area (Å²) in [6, 6.07) is 15.6. The van der Waals surface area contributed by atoms with E-state index in [4.69, 9.17) is 4.74 Å². The van der Waals surface area contributed by atoms with Crippen molar-refractivity contribution in [3.8, 4) is 5.75 Å². The van der Waals surface area contributed by atoms with Crippen LogP contribution in [0.15, 0.2) is 53.7 Å². The number of ether oxygens (including phenoxy) is 1. The molecule has 1 aromatic heterocycles. The minimum Gasteiger partial charge on any atom is -0.494 e. The number of carbonyl (C=O) groups is 1. The maximum absolute atomic E-state index is 13.3. The highest BCUT2D eigenvalue weighted by atomic mass is 32.2. The summed E-state index contributed by atoms with van der Waals surface area (Å²) in [5, 5.41) is 11.9. The Morgan fingerprint density at radius 2 is 1.81 bits per heavy atom. The van der Waals surface area contributed by atoms with Crippen molar-refractivity contribution in [3.63, 3.8) is 0 Å². The molecule has 0 bridgehead atoms. The van der Waals surface area contributed by atoms with Crippen molar-refractivity contribution < 1.29 is 9.53 Å². The van der Waals surface area contributed by atoms with Gasteiger partial charge in [0.15, 0.2) is 5.82 Å². The number of carbonyl (C=O) groups excluding carboxylic acids is 1. The van der Waals surface area contributed by atoms with E-state index in [2.05, 4.69) is 27.9 Å². The monoisotopic (exact) mass is 437 g/mol. The fourth-order valence-electron chi connectivity index (χ4n) is 3.55. The second-order valence-electron chi connectivity index (χ2n) is 7.27. The molecule has 1 amide bonds. The summed E-state index contributed by atoms with van der Waals surface area (Å²) < 4.78 is 7.47. The second kappa shape index (κ2) is 9.43. The fourth-order valence-corrected chi connectivity index (χ4v) is 4.65. The molecule has 0 unspecified atom stereocenters. The number of benzene rings is 2. The van der Waals surface area contributed by atoms with Gasteiger partial charge in [0.1, 0.15) is 11.0 Å². The van der Waals surface area contributed by atoms with Gasteiger partial charge in [0.2, 0.25) is 11.1 Å². The number of rotatable bonds is 7. The van der Waals surface area contributed by atoms with Crippen LogP contribution in [0.5, 0.6) is 5.75 Å². The van der Waals surface area contributed by atoms with E-state index in [0.29, 0.717) is 11.8 Å². The number of nitrogens with one attached hydrogen (secondary N) is 2. The van der Waals surface area contributed by atoms with E-state index >= 15 is 0 Å². The number of fused-ring (bicyclic) bond motifs is 1. The minimum absolute atomic E-state index is 0.0760. The number of anilines is 1. The number of nitrogens with zero attached hydrogens (tertiary/aromatic N) is 3. The number of amides is 1. The molecule has 7 nitrogen and oxygen atoms in total. The van der Waals surface area contributed by atoms with E-state index in [1.807, 2.05) is 67.1 Å². The van der Waals surface area contributed by atoms with E-state index in [1.54, 1.807) is 0 Å². The molecule has 1 aliphatic heterocycles. The van der Waals surface area contributed by atoms with Gasteiger partial charge in [-0.25, -0.2) is 4.68 Å². The van der Waals surface area contributed by atoms with Crippen LogP contribution >= 0.6 is 11.8 Å². The third-order valence-electron chi connectivity index (χ3n) is 5.26. The molecule has 2 heterocycles. The lowest BCUT2D eigenvalue weighted by Crippen LogP contribution is -2.41. The van der Waals surface area contributed by atoms with Crippen molar-refractivity contribution in [3.05, 3.63) is 65.5 Å². The fraction of sp³-hybridized carbons (Fsp3) is 0.348. The Hall–Kier alpha value is -3.00. The molecular weight excluding hydrogens is 410 g/mol. The molecule has 0 saturated carbocycles. The molecular formula is C23H27N5O2S. The lowest BCUT2D eigenvalue weighted by Gasteiger charge is -2.33. The summed E-state index contributed by atoms with van der Waals surface area (Å²) in [4.78, 5) is 13.3. The number of hydrogen-bond donors (Lipinski definition) is 2. The number of hydrogen-bond acceptors (Lipinski definition) is 6. The van der Waals surface area contributed by atoms with Crippen LogP contribution in [-0.2, 0) is 17.6 Å². The summed E-state index contributed by atoms with van der Waals surface area (Å²) in [5.41, 5.74) is 6.49. The van der Waals surface area contributed by atoms with Crippen LogP contribution in [0.3, 0.4) is 0 Å². The topological polar surface area (TPSA) is 81.1 Å². The molecule has 2 atom stereocenters. The lowest BCUT2D eigenvalue weighted by molar-refractivity contribution is -0.116. The van der Waals surface area contributed by atoms with Gasteiger partial charge >= 0.3 is 0 Å². The molecule has 0 saturated heterocycles. The standard InChI is InChI=1S/C23H27N5O2S/c1-4-15-7-11-17(12-8-15)24-22(29)21-20(16-9-13-18(14-10-16)30-6-3)27-28-19(5-2)25-26-23(28)31-21/h7-14,20-21,27H,4-6H2,1-3H3,(H,24,29)/t20-,21+/m0/s1. The Bertz CT molecular complexity index is 1030. The molecule has 2 aromatic carbocycles. The minimum atomic E-state index is -0.412. The van der Waals surface area contributed by atoms with Crippen molar-refractivity contribution in [2.24, 2.45) is 0 Å². The van der Waals surface area contributed by atoms with Crippen LogP contribution in [-0.4, -0.2) is 32.6 Å². The molecule has 1 aliphatic rings. The van der Waals surface area contributed by atoms with Gasteiger partial charge in [-0.05, 0) is 48.7 Å². The van der Waals surface area contributed by atoms with E-state index in [9.17, 15) is 4.79 Å². The van der Waals surface area contributed by atoms with Gasteiger partial charge in [0, 0.05) is 12.1 Å². The predicted octanol–water partition coefficient (Wildman–Crippen LogP) is 4.20. The third kappa shape index (κ3) is 4.54. The molecule has 8 heteroatoms. The van der Waals surface area contributed by atoms with Crippen LogP contribution in [0.1, 0.15) is 43.8 Å². The highest BCUT2D eigenvalue weighted by molar-refractivity contribution is 8.00. The van der Waals surface area contributed by atoms with Crippen molar-refractivity contribution in [1.82, 2.24) is 14.9 Å². The summed E-state index contributed by atoms with van der Waals surface area (Å²) >= 11 is 1.43. The molecule has 4 rings (SSSR count). The smallest absolute Gasteiger partial charge is 0.240 e. The SMILES string of the molecule is CCOc1ccc([C@@H]2Nn3c(CC)nnc3S[C@H]2C(=O)Nc2ccc(CC)cc2)cc1. The van der Waals surface area contributed by atoms with E-state index < -0.39 is 5.25 Å². The first-order chi connectivity index (χ1) is 15.1. The Morgan fingerprint density at radius 3 is 2.45 bits per heavy atom. The van der Waals surface area contributed by atoms with E-state index in [1.165, 1.54) is 17.3 Å². The molecule has 2 N–H and O–H groups in total. The molecule has 31 heavy (non-hydrogen) atoms. The zero-order valence-corrected chi connectivity index (χ0v) is 18.8. The Balaban J connectivity index is 1.62. The normalized spacial score (nSPS) is 17.5. The molecule has 0 spiro atoms. The maximum Gasteiger partial charge on any atom is 0.240 e. The van der Waals surface area contributed by atoms with Crippen LogP contribution < -0.4 is 15.5 Å². The Labute approximate surface area is 186 Å². The zero-order chi connectivity index (χ0) is 21.8. The third-order valence-corrected chi connectivity index (χ3v) is 6.47. The first-order valence-electron chi connectivity index (χ1n) is 10.6. The highest BCUT2D eigenvalue weighted by Crippen LogP contribution is 2.38. The van der Waals surface area contributed by atoms with Crippen LogP contribution in [0.2, 0.25) is 0 Å². The second-order valence-corrected chi connectivity index (χ2v) is 8.38. The molecule has 162 valence electrons. The first kappa shape index (κ1) is 21.2. The van der Waals surface area contributed by atoms with Gasteiger partial charge in [0.05, 0.1) is 12.6 Å². The number of thioether (sulfide) groups is 1. The zero-order valence-electron chi connectivity index (χ0n) is 18.0. The summed E-state index contributed by atoms with van der Waals surface area (Å²) in [7, 11) is 0. The molecule has 0 aliphatic carbocycles. The van der Waals surface area contributed by atoms with Crippen LogP contribution in [0.4, 0.5) is 5.69 Å². The van der Waals surface area contributed by atoms with Gasteiger partial charge in [-0.2, -0.15) is 0 Å². The summed E-state index contributed by atoms with van der Waals surface area (Å²) in [5.74, 6) is 1.58. The van der Waals surface area contributed by atoms with Gasteiger partial charge in [-0.15, -0.1) is 10.2 Å². The van der Waals surface area contributed by atoms with Crippen molar-refractivity contribution in [2.45, 2.75) is 50.1 Å². The highest BCUT2D eigenvalue weighted by Gasteiger charge is 2.37. The first-order valence-corrected chi connectivity index (χ1v) is 11.5. The largest absolute Gasteiger partial charge is 0.494 e. The van der Waals surface area contributed by atoms with E-state index in [0.717, 1.165) is 35.7 Å². The quantitative estimate of drug-likeness (QED) is 0.577. The molecule has 3 aromatic rings. The van der Waals surface area contributed by atoms with Crippen LogP contribution in [0, 0.1) is 0 Å². The van der Waals surface area contributed by atoms with Crippen molar-refractivity contribution in [1.29, 1.82) is 0 Å². The Kier molecular flexibility index (Phi) is 6.46. The molecule has 0 radical (unpaired) electrons. The Morgan fingerprint density at radius 1 is 1.06 bits per heavy atom. The van der Waals surface area contributed by atoms with Crippen LogP contribution in [0.25, 0.3) is 0 Å². The lowest BCUT2D eigenvalue weighted by atomic mass is 10.0. The van der Waals surface area contributed by atoms with Crippen molar-refractivity contribution in [2.75, 3.05) is 17.3 Å². The summed E-state index contributed by atoms with van der Waals surface area (Å²) in [6.07, 6.45) is 1.71. The molecule has 0 fully saturated rings. The average molecular weight is 438 g/mol. The number of aryl methyl sites for hydroxylation is 2. The maximum atomic E-state index is 13.3. The average Bonchev–Trinajstić information content (AvgIpc) is 3.21. The van der Waals surface area contributed by atoms with Gasteiger partial charge in [-0.3, -0.25) is 4.79 Å². The number of aromatic nitrogens is 3. The van der Waals surface area contributed by atoms with Gasteiger partial charge in [0.25, 0.3) is 0 Å². The van der Waals surface area contributed by atoms with Crippen molar-refractivity contribution >= 4 is 23.4 Å². The summed E-state index contributed by atoms with van der Waals surface area (Å²) in [6.45, 7) is 6.72. The predicted molar refractivity (Wildman–Crippen MR) is 123 cm³/mol. The van der Waals surface area contributed by atoms with Gasteiger partial charge < -0.3 is 15.5 Å². The van der Waals surface area contributed by atoms with Gasteiger partial charge in [-0.1, -0.05) is 49.9 Å².